The molecule has 0 atom stereocenters. The van der Waals surface area contributed by atoms with Crippen LogP contribution in [0.2, 0.25) is 0 Å². The third-order valence-corrected chi connectivity index (χ3v) is 1.96. The number of carbonyl (C=O) groups excluding carboxylic acids is 1. The van der Waals surface area contributed by atoms with Crippen molar-refractivity contribution in [3.05, 3.63) is 0 Å². The van der Waals surface area contributed by atoms with Gasteiger partial charge in [0.25, 0.3) is 0 Å². The smallest absolute Gasteiger partial charge is 0.457 e. The average Bonchev–Trinajstić information content (AvgIpc) is 2.30. The van der Waals surface area contributed by atoms with Crippen molar-refractivity contribution in [2.45, 2.75) is 32.4 Å². The van der Waals surface area contributed by atoms with E-state index >= 15 is 0 Å². The summed E-state index contributed by atoms with van der Waals surface area (Å²) in [6.45, 7) is 2.92. The van der Waals surface area contributed by atoms with Crippen molar-refractivity contribution in [2.24, 2.45) is 0 Å². The summed E-state index contributed by atoms with van der Waals surface area (Å²) in [6, 6.07) is 0. The van der Waals surface area contributed by atoms with Crippen LogP contribution >= 0.6 is 0 Å². The summed E-state index contributed by atoms with van der Waals surface area (Å²) >= 11 is 0. The van der Waals surface area contributed by atoms with Gasteiger partial charge in [0, 0.05) is 6.61 Å². The first-order valence-electron chi connectivity index (χ1n) is 5.88. The van der Waals surface area contributed by atoms with Gasteiger partial charge >= 0.3 is 12.1 Å². The summed E-state index contributed by atoms with van der Waals surface area (Å²) < 4.78 is 49.1. The lowest BCUT2D eigenvalue weighted by Gasteiger charge is -2.08. The molecule has 18 heavy (non-hydrogen) atoms. The molecule has 0 amide bonds. The van der Waals surface area contributed by atoms with Gasteiger partial charge in [0.15, 0.2) is 0 Å². The van der Waals surface area contributed by atoms with Crippen LogP contribution in [0.15, 0.2) is 0 Å². The topological polar surface area (TPSA) is 44.8 Å². The van der Waals surface area contributed by atoms with E-state index in [2.05, 4.69) is 11.7 Å². The largest absolute Gasteiger partial charge is 0.490 e. The highest BCUT2D eigenvalue weighted by atomic mass is 19.4. The van der Waals surface area contributed by atoms with Crippen LogP contribution in [0.5, 0.6) is 0 Å². The molecule has 0 aliphatic carbocycles. The second-order valence-corrected chi connectivity index (χ2v) is 3.57. The van der Waals surface area contributed by atoms with Crippen molar-refractivity contribution >= 4 is 5.97 Å². The van der Waals surface area contributed by atoms with Crippen molar-refractivity contribution in [1.29, 1.82) is 0 Å². The van der Waals surface area contributed by atoms with Crippen molar-refractivity contribution in [3.8, 4) is 0 Å². The van der Waals surface area contributed by atoms with Gasteiger partial charge in [-0.05, 0) is 6.42 Å². The molecule has 108 valence electrons. The van der Waals surface area contributed by atoms with Crippen molar-refractivity contribution in [1.82, 2.24) is 0 Å². The average molecular weight is 272 g/mol. The fourth-order valence-corrected chi connectivity index (χ4v) is 1.05. The summed E-state index contributed by atoms with van der Waals surface area (Å²) in [5.74, 6) is -2.19. The minimum atomic E-state index is -4.94. The van der Waals surface area contributed by atoms with E-state index in [1.165, 1.54) is 0 Å². The van der Waals surface area contributed by atoms with E-state index in [9.17, 15) is 18.0 Å². The monoisotopic (exact) mass is 272 g/mol. The molecule has 7 heteroatoms. The van der Waals surface area contributed by atoms with E-state index < -0.39 is 18.8 Å². The molecule has 0 radical (unpaired) electrons. The molecule has 0 N–H and O–H groups in total. The van der Waals surface area contributed by atoms with E-state index in [1.807, 2.05) is 0 Å². The molecule has 0 heterocycles. The summed E-state index contributed by atoms with van der Waals surface area (Å²) in [4.78, 5) is 10.3. The molecule has 0 aromatic heterocycles. The molecule has 0 saturated heterocycles. The first-order chi connectivity index (χ1) is 8.48. The molecule has 0 unspecified atom stereocenters. The van der Waals surface area contributed by atoms with Crippen LogP contribution in [0.1, 0.15) is 26.2 Å². The summed E-state index contributed by atoms with van der Waals surface area (Å²) in [7, 11) is 0. The van der Waals surface area contributed by atoms with Gasteiger partial charge in [-0.25, -0.2) is 4.79 Å². The third-order valence-electron chi connectivity index (χ3n) is 1.96. The van der Waals surface area contributed by atoms with Crippen molar-refractivity contribution in [3.63, 3.8) is 0 Å². The number of unbranched alkanes of at least 4 members (excludes halogenated alkanes) is 2. The van der Waals surface area contributed by atoms with Crippen molar-refractivity contribution in [2.75, 3.05) is 33.0 Å². The summed E-state index contributed by atoms with van der Waals surface area (Å²) in [5, 5.41) is 0. The van der Waals surface area contributed by atoms with Crippen LogP contribution in [-0.2, 0) is 19.0 Å². The van der Waals surface area contributed by atoms with E-state index in [4.69, 9.17) is 9.47 Å². The quantitative estimate of drug-likeness (QED) is 0.452. The predicted octanol–water partition coefficient (Wildman–Crippen LogP) is 2.32. The Hall–Kier alpha value is -0.820. The lowest BCUT2D eigenvalue weighted by atomic mass is 10.3. The van der Waals surface area contributed by atoms with Crippen LogP contribution in [0.4, 0.5) is 13.2 Å². The summed E-state index contributed by atoms with van der Waals surface area (Å²) in [5.41, 5.74) is 0. The maximum Gasteiger partial charge on any atom is 0.490 e. The lowest BCUT2D eigenvalue weighted by molar-refractivity contribution is -0.200. The SMILES string of the molecule is CCCCCOCCOCCOC(=O)C(F)(F)F. The van der Waals surface area contributed by atoms with Crippen LogP contribution < -0.4 is 0 Å². The molecule has 0 aliphatic rings. The molecule has 0 aromatic rings. The first-order valence-corrected chi connectivity index (χ1v) is 5.88. The number of rotatable bonds is 10. The number of halogens is 3. The second-order valence-electron chi connectivity index (χ2n) is 3.57. The van der Waals surface area contributed by atoms with E-state index in [0.29, 0.717) is 13.2 Å². The minimum Gasteiger partial charge on any atom is -0.457 e. The van der Waals surface area contributed by atoms with E-state index in [-0.39, 0.29) is 13.2 Å². The number of esters is 1. The summed E-state index contributed by atoms with van der Waals surface area (Å²) in [6.07, 6.45) is -1.74. The Morgan fingerprint density at radius 2 is 1.50 bits per heavy atom. The van der Waals surface area contributed by atoms with Gasteiger partial charge in [-0.1, -0.05) is 19.8 Å². The Kier molecular flexibility index (Phi) is 9.67. The van der Waals surface area contributed by atoms with Gasteiger partial charge < -0.3 is 14.2 Å². The Labute approximate surface area is 104 Å². The van der Waals surface area contributed by atoms with Crippen LogP contribution in [0.25, 0.3) is 0 Å². The molecular formula is C11H19F3O4. The van der Waals surface area contributed by atoms with Crippen LogP contribution in [0, 0.1) is 0 Å². The molecule has 0 fully saturated rings. The second kappa shape index (κ2) is 10.1. The number of alkyl halides is 3. The van der Waals surface area contributed by atoms with E-state index in [1.54, 1.807) is 0 Å². The van der Waals surface area contributed by atoms with Crippen LogP contribution in [-0.4, -0.2) is 45.2 Å². The maximum atomic E-state index is 11.7. The highest BCUT2D eigenvalue weighted by Crippen LogP contribution is 2.16. The zero-order valence-electron chi connectivity index (χ0n) is 10.4. The van der Waals surface area contributed by atoms with Gasteiger partial charge in [0.05, 0.1) is 19.8 Å². The van der Waals surface area contributed by atoms with E-state index in [0.717, 1.165) is 19.3 Å². The zero-order valence-corrected chi connectivity index (χ0v) is 10.4. The molecule has 0 saturated carbocycles. The van der Waals surface area contributed by atoms with Gasteiger partial charge in [-0.2, -0.15) is 13.2 Å². The van der Waals surface area contributed by atoms with Gasteiger partial charge in [-0.15, -0.1) is 0 Å². The van der Waals surface area contributed by atoms with Crippen molar-refractivity contribution < 1.29 is 32.2 Å². The third kappa shape index (κ3) is 10.3. The lowest BCUT2D eigenvalue weighted by Crippen LogP contribution is -2.26. The van der Waals surface area contributed by atoms with Gasteiger partial charge in [0.1, 0.15) is 6.61 Å². The number of ether oxygens (including phenoxy) is 3. The highest BCUT2D eigenvalue weighted by Gasteiger charge is 2.40. The molecule has 0 rings (SSSR count). The minimum absolute atomic E-state index is 0.0693. The fourth-order valence-electron chi connectivity index (χ4n) is 1.05. The Bertz CT molecular complexity index is 219. The molecule has 0 aromatic carbocycles. The Morgan fingerprint density at radius 1 is 0.944 bits per heavy atom. The molecule has 0 aliphatic heterocycles. The Morgan fingerprint density at radius 3 is 2.06 bits per heavy atom. The first kappa shape index (κ1) is 17.2. The standard InChI is InChI=1S/C11H19F3O4/c1-2-3-4-5-16-6-7-17-8-9-18-10(15)11(12,13)14/h2-9H2,1H3. The Balaban J connectivity index is 3.19. The molecular weight excluding hydrogens is 253 g/mol. The fraction of sp³-hybridized carbons (Fsp3) is 0.909. The normalized spacial score (nSPS) is 11.6. The maximum absolute atomic E-state index is 11.7. The molecule has 0 spiro atoms. The number of carbonyl (C=O) groups is 1. The zero-order chi connectivity index (χ0) is 13.9. The van der Waals surface area contributed by atoms with Gasteiger partial charge in [0.2, 0.25) is 0 Å². The molecule has 0 bridgehead atoms. The van der Waals surface area contributed by atoms with Gasteiger partial charge in [-0.3, -0.25) is 0 Å². The van der Waals surface area contributed by atoms with Crippen LogP contribution in [0.3, 0.4) is 0 Å². The number of hydrogen-bond donors (Lipinski definition) is 0. The predicted molar refractivity (Wildman–Crippen MR) is 58.2 cm³/mol. The highest BCUT2D eigenvalue weighted by molar-refractivity contribution is 5.75. The molecule has 4 nitrogen and oxygen atoms in total. The number of hydrogen-bond acceptors (Lipinski definition) is 4.